The van der Waals surface area contributed by atoms with E-state index in [2.05, 4.69) is 56.6 Å². The maximum Gasteiger partial charge on any atom is 0.315 e. The third kappa shape index (κ3) is 4.38. The summed E-state index contributed by atoms with van der Waals surface area (Å²) in [6.45, 7) is 1.09. The first-order valence-electron chi connectivity index (χ1n) is 8.32. The SMILES string of the molecule is CN(C)C(CNC(=O)NCc1cccc2ccccc12)c1ccsc1. The zero-order valence-corrected chi connectivity index (χ0v) is 15.3. The molecule has 0 bridgehead atoms. The number of benzene rings is 2. The summed E-state index contributed by atoms with van der Waals surface area (Å²) in [5.41, 5.74) is 2.35. The topological polar surface area (TPSA) is 44.4 Å². The molecule has 1 aromatic heterocycles. The highest BCUT2D eigenvalue weighted by atomic mass is 32.1. The first-order valence-corrected chi connectivity index (χ1v) is 9.26. The average molecular weight is 353 g/mol. The molecule has 2 amide bonds. The molecule has 0 fully saturated rings. The highest BCUT2D eigenvalue weighted by molar-refractivity contribution is 7.07. The van der Waals surface area contributed by atoms with Crippen LogP contribution in [0.5, 0.6) is 0 Å². The van der Waals surface area contributed by atoms with Crippen molar-refractivity contribution >= 4 is 28.1 Å². The maximum atomic E-state index is 12.2. The highest BCUT2D eigenvalue weighted by Crippen LogP contribution is 2.20. The number of hydrogen-bond donors (Lipinski definition) is 2. The summed E-state index contributed by atoms with van der Waals surface area (Å²) >= 11 is 1.67. The van der Waals surface area contributed by atoms with Gasteiger partial charge in [0.2, 0.25) is 0 Å². The van der Waals surface area contributed by atoms with Gasteiger partial charge in [0.15, 0.2) is 0 Å². The molecule has 3 rings (SSSR count). The van der Waals surface area contributed by atoms with Gasteiger partial charge in [-0.1, -0.05) is 42.5 Å². The van der Waals surface area contributed by atoms with Crippen LogP contribution in [0.1, 0.15) is 17.2 Å². The van der Waals surface area contributed by atoms with E-state index in [1.807, 2.05) is 32.3 Å². The highest BCUT2D eigenvalue weighted by Gasteiger charge is 2.15. The Hall–Kier alpha value is -2.37. The smallest absolute Gasteiger partial charge is 0.315 e. The molecule has 1 unspecified atom stereocenters. The molecule has 2 N–H and O–H groups in total. The Labute approximate surface area is 152 Å². The average Bonchev–Trinajstić information content (AvgIpc) is 3.14. The van der Waals surface area contributed by atoms with Crippen LogP contribution in [0.3, 0.4) is 0 Å². The largest absolute Gasteiger partial charge is 0.336 e. The third-order valence-electron chi connectivity index (χ3n) is 4.33. The third-order valence-corrected chi connectivity index (χ3v) is 5.03. The first kappa shape index (κ1) is 17.5. The number of urea groups is 1. The van der Waals surface area contributed by atoms with Crippen molar-refractivity contribution in [3.8, 4) is 0 Å². The number of carbonyl (C=O) groups excluding carboxylic acids is 1. The van der Waals surface area contributed by atoms with E-state index in [0.29, 0.717) is 13.1 Å². The summed E-state index contributed by atoms with van der Waals surface area (Å²) < 4.78 is 0. The van der Waals surface area contributed by atoms with E-state index < -0.39 is 0 Å². The Morgan fingerprint density at radius 2 is 1.88 bits per heavy atom. The Bertz CT molecular complexity index is 825. The molecule has 1 heterocycles. The van der Waals surface area contributed by atoms with Crippen LogP contribution >= 0.6 is 11.3 Å². The van der Waals surface area contributed by atoms with Gasteiger partial charge in [-0.25, -0.2) is 4.79 Å². The summed E-state index contributed by atoms with van der Waals surface area (Å²) in [5, 5.41) is 12.5. The van der Waals surface area contributed by atoms with Gasteiger partial charge in [0, 0.05) is 13.1 Å². The summed E-state index contributed by atoms with van der Waals surface area (Å²) in [4.78, 5) is 14.3. The summed E-state index contributed by atoms with van der Waals surface area (Å²) in [6.07, 6.45) is 0. The van der Waals surface area contributed by atoms with Gasteiger partial charge in [-0.3, -0.25) is 0 Å². The number of nitrogens with zero attached hydrogens (tertiary/aromatic N) is 1. The number of fused-ring (bicyclic) bond motifs is 1. The minimum atomic E-state index is -0.144. The summed E-state index contributed by atoms with van der Waals surface area (Å²) in [5.74, 6) is 0. The van der Waals surface area contributed by atoms with Gasteiger partial charge in [0.05, 0.1) is 6.04 Å². The van der Waals surface area contributed by atoms with E-state index in [0.717, 1.165) is 5.56 Å². The fraction of sp³-hybridized carbons (Fsp3) is 0.250. The molecule has 0 aliphatic heterocycles. The van der Waals surface area contributed by atoms with Crippen LogP contribution in [0.15, 0.2) is 59.3 Å². The molecule has 25 heavy (non-hydrogen) atoms. The monoisotopic (exact) mass is 353 g/mol. The van der Waals surface area contributed by atoms with Gasteiger partial charge in [-0.2, -0.15) is 11.3 Å². The molecule has 5 heteroatoms. The molecule has 0 aliphatic rings. The molecular formula is C20H23N3OS. The van der Waals surface area contributed by atoms with Crippen LogP contribution in [0, 0.1) is 0 Å². The van der Waals surface area contributed by atoms with Crippen molar-refractivity contribution in [3.63, 3.8) is 0 Å². The quantitative estimate of drug-likeness (QED) is 0.703. The van der Waals surface area contributed by atoms with Crippen molar-refractivity contribution in [3.05, 3.63) is 70.4 Å². The fourth-order valence-electron chi connectivity index (χ4n) is 2.94. The molecule has 1 atom stereocenters. The van der Waals surface area contributed by atoms with E-state index in [9.17, 15) is 4.79 Å². The molecule has 2 aromatic carbocycles. The predicted molar refractivity (Wildman–Crippen MR) is 105 cm³/mol. The van der Waals surface area contributed by atoms with Gasteiger partial charge in [0.1, 0.15) is 0 Å². The van der Waals surface area contributed by atoms with Crippen molar-refractivity contribution < 1.29 is 4.79 Å². The Balaban J connectivity index is 1.57. The molecule has 0 saturated carbocycles. The van der Waals surface area contributed by atoms with Gasteiger partial charge in [-0.05, 0) is 52.8 Å². The van der Waals surface area contributed by atoms with Crippen LogP contribution in [0.25, 0.3) is 10.8 Å². The van der Waals surface area contributed by atoms with Crippen molar-refractivity contribution in [1.29, 1.82) is 0 Å². The van der Waals surface area contributed by atoms with Gasteiger partial charge < -0.3 is 15.5 Å². The number of thiophene rings is 1. The molecule has 3 aromatic rings. The normalized spacial score (nSPS) is 12.3. The summed E-state index contributed by atoms with van der Waals surface area (Å²) in [7, 11) is 4.05. The fourth-order valence-corrected chi connectivity index (χ4v) is 3.64. The number of rotatable bonds is 6. The number of amides is 2. The van der Waals surface area contributed by atoms with Crippen molar-refractivity contribution in [2.45, 2.75) is 12.6 Å². The van der Waals surface area contributed by atoms with Gasteiger partial charge >= 0.3 is 6.03 Å². The van der Waals surface area contributed by atoms with E-state index >= 15 is 0 Å². The number of nitrogens with one attached hydrogen (secondary N) is 2. The molecule has 0 radical (unpaired) electrons. The lowest BCUT2D eigenvalue weighted by molar-refractivity contribution is 0.232. The van der Waals surface area contributed by atoms with Crippen LogP contribution in [0.4, 0.5) is 4.79 Å². The second kappa shape index (κ2) is 8.14. The second-order valence-corrected chi connectivity index (χ2v) is 7.02. The Morgan fingerprint density at radius 1 is 1.08 bits per heavy atom. The number of likely N-dealkylation sites (N-methyl/N-ethyl adjacent to an activating group) is 1. The zero-order valence-electron chi connectivity index (χ0n) is 14.5. The Kier molecular flexibility index (Phi) is 5.68. The summed E-state index contributed by atoms with van der Waals surface area (Å²) in [6, 6.07) is 16.5. The number of hydrogen-bond acceptors (Lipinski definition) is 3. The zero-order chi connectivity index (χ0) is 17.6. The van der Waals surface area contributed by atoms with E-state index in [4.69, 9.17) is 0 Å². The molecule has 0 saturated heterocycles. The second-order valence-electron chi connectivity index (χ2n) is 6.24. The van der Waals surface area contributed by atoms with E-state index in [-0.39, 0.29) is 12.1 Å². The minimum absolute atomic E-state index is 0.144. The Morgan fingerprint density at radius 3 is 2.64 bits per heavy atom. The minimum Gasteiger partial charge on any atom is -0.336 e. The van der Waals surface area contributed by atoms with Crippen molar-refractivity contribution in [2.24, 2.45) is 0 Å². The lowest BCUT2D eigenvalue weighted by Gasteiger charge is -2.24. The lowest BCUT2D eigenvalue weighted by Crippen LogP contribution is -2.40. The van der Waals surface area contributed by atoms with Gasteiger partial charge in [-0.15, -0.1) is 0 Å². The molecule has 0 aliphatic carbocycles. The molecular weight excluding hydrogens is 330 g/mol. The molecule has 4 nitrogen and oxygen atoms in total. The van der Waals surface area contributed by atoms with Crippen LogP contribution in [-0.4, -0.2) is 31.6 Å². The lowest BCUT2D eigenvalue weighted by atomic mass is 10.0. The first-order chi connectivity index (χ1) is 12.1. The van der Waals surface area contributed by atoms with Crippen LogP contribution in [0.2, 0.25) is 0 Å². The van der Waals surface area contributed by atoms with Crippen molar-refractivity contribution in [2.75, 3.05) is 20.6 Å². The predicted octanol–water partition coefficient (Wildman–Crippen LogP) is 4.00. The van der Waals surface area contributed by atoms with E-state index in [1.54, 1.807) is 11.3 Å². The molecule has 0 spiro atoms. The van der Waals surface area contributed by atoms with Crippen LogP contribution in [-0.2, 0) is 6.54 Å². The molecule has 130 valence electrons. The van der Waals surface area contributed by atoms with Crippen molar-refractivity contribution in [1.82, 2.24) is 15.5 Å². The van der Waals surface area contributed by atoms with E-state index in [1.165, 1.54) is 16.3 Å². The number of carbonyl (C=O) groups is 1. The maximum absolute atomic E-state index is 12.2. The standard InChI is InChI=1S/C20H23N3OS/c1-23(2)19(17-10-11-25-14-17)13-22-20(24)21-12-16-8-5-7-15-6-3-4-9-18(15)16/h3-11,14,19H,12-13H2,1-2H3,(H2,21,22,24). The van der Waals surface area contributed by atoms with Gasteiger partial charge in [0.25, 0.3) is 0 Å². The van der Waals surface area contributed by atoms with Crippen LogP contribution < -0.4 is 10.6 Å².